The van der Waals surface area contributed by atoms with Crippen molar-refractivity contribution < 1.29 is 9.47 Å². The van der Waals surface area contributed by atoms with Crippen LogP contribution in [0.25, 0.3) is 0 Å². The molecule has 3 rings (SSSR count). The van der Waals surface area contributed by atoms with Crippen molar-refractivity contribution in [2.45, 2.75) is 13.5 Å². The van der Waals surface area contributed by atoms with Crippen molar-refractivity contribution >= 4 is 11.8 Å². The van der Waals surface area contributed by atoms with E-state index in [-0.39, 0.29) is 0 Å². The molecule has 1 heterocycles. The molecular formula is C21H25N5O2. The minimum absolute atomic E-state index is 0.488. The van der Waals surface area contributed by atoms with Crippen LogP contribution in [-0.4, -0.2) is 42.0 Å². The number of nitrogens with zero attached hydrogens (tertiary/aromatic N) is 4. The van der Waals surface area contributed by atoms with Crippen LogP contribution in [0.2, 0.25) is 0 Å². The molecule has 7 heteroatoms. The molecule has 1 aromatic heterocycles. The van der Waals surface area contributed by atoms with Crippen LogP contribution >= 0.6 is 0 Å². The van der Waals surface area contributed by atoms with Gasteiger partial charge in [-0.3, -0.25) is 0 Å². The van der Waals surface area contributed by atoms with Gasteiger partial charge in [-0.25, -0.2) is 0 Å². The lowest BCUT2D eigenvalue weighted by Crippen LogP contribution is -2.24. The number of ether oxygens (including phenoxy) is 2. The van der Waals surface area contributed by atoms with Crippen molar-refractivity contribution in [2.75, 3.05) is 37.0 Å². The summed E-state index contributed by atoms with van der Waals surface area (Å²) in [7, 11) is 1.64. The van der Waals surface area contributed by atoms with Gasteiger partial charge in [-0.05, 0) is 36.8 Å². The maximum absolute atomic E-state index is 5.70. The number of anilines is 2. The summed E-state index contributed by atoms with van der Waals surface area (Å²) in [6.07, 6.45) is 1.69. The Labute approximate surface area is 165 Å². The van der Waals surface area contributed by atoms with Crippen molar-refractivity contribution in [3.05, 3.63) is 66.4 Å². The Hall–Kier alpha value is -3.35. The van der Waals surface area contributed by atoms with Crippen molar-refractivity contribution in [1.29, 1.82) is 0 Å². The summed E-state index contributed by atoms with van der Waals surface area (Å²) < 4.78 is 10.8. The molecule has 0 atom stereocenters. The number of benzene rings is 2. The summed E-state index contributed by atoms with van der Waals surface area (Å²) in [4.78, 5) is 6.73. The van der Waals surface area contributed by atoms with Gasteiger partial charge in [0, 0.05) is 13.1 Å². The van der Waals surface area contributed by atoms with Crippen molar-refractivity contribution in [3.63, 3.8) is 0 Å². The number of methoxy groups -OCH3 is 1. The van der Waals surface area contributed by atoms with Crippen LogP contribution in [0.1, 0.15) is 12.5 Å². The fourth-order valence-corrected chi connectivity index (χ4v) is 2.68. The highest BCUT2D eigenvalue weighted by molar-refractivity contribution is 5.41. The van der Waals surface area contributed by atoms with Gasteiger partial charge in [0.15, 0.2) is 5.82 Å². The quantitative estimate of drug-likeness (QED) is 0.541. The number of hydrogen-bond acceptors (Lipinski definition) is 7. The first kappa shape index (κ1) is 19.4. The zero-order chi connectivity index (χ0) is 19.6. The minimum Gasteiger partial charge on any atom is -0.497 e. The zero-order valence-electron chi connectivity index (χ0n) is 16.2. The van der Waals surface area contributed by atoms with E-state index >= 15 is 0 Å². The van der Waals surface area contributed by atoms with E-state index in [2.05, 4.69) is 44.5 Å². The number of aromatic nitrogens is 3. The molecule has 1 N–H and O–H groups in total. The lowest BCUT2D eigenvalue weighted by atomic mass is 10.2. The molecule has 0 amide bonds. The third kappa shape index (κ3) is 5.57. The topological polar surface area (TPSA) is 72.4 Å². The van der Waals surface area contributed by atoms with Gasteiger partial charge in [0.25, 0.3) is 0 Å². The van der Waals surface area contributed by atoms with Crippen LogP contribution < -0.4 is 19.7 Å². The van der Waals surface area contributed by atoms with Crippen molar-refractivity contribution in [2.24, 2.45) is 0 Å². The molecule has 28 heavy (non-hydrogen) atoms. The van der Waals surface area contributed by atoms with Crippen LogP contribution in [0.5, 0.6) is 11.5 Å². The largest absolute Gasteiger partial charge is 0.497 e. The second-order valence-electron chi connectivity index (χ2n) is 6.09. The third-order valence-corrected chi connectivity index (χ3v) is 4.18. The number of hydrogen-bond donors (Lipinski definition) is 1. The van der Waals surface area contributed by atoms with Gasteiger partial charge in [0.2, 0.25) is 5.95 Å². The van der Waals surface area contributed by atoms with Gasteiger partial charge in [-0.2, -0.15) is 10.1 Å². The molecule has 146 valence electrons. The Kier molecular flexibility index (Phi) is 7.01. The minimum atomic E-state index is 0.488. The second kappa shape index (κ2) is 10.1. The summed E-state index contributed by atoms with van der Waals surface area (Å²) in [6.45, 7) is 4.76. The van der Waals surface area contributed by atoms with Gasteiger partial charge >= 0.3 is 0 Å². The van der Waals surface area contributed by atoms with Crippen LogP contribution in [0.4, 0.5) is 11.8 Å². The summed E-state index contributed by atoms with van der Waals surface area (Å²) in [5, 5.41) is 11.3. The summed E-state index contributed by atoms with van der Waals surface area (Å²) >= 11 is 0. The molecule has 2 aromatic carbocycles. The molecule has 0 saturated carbocycles. The third-order valence-electron chi connectivity index (χ3n) is 4.18. The SMILES string of the molecule is CCN(Cc1ccccc1)c1cnnc(NCCOc2ccc(OC)cc2)n1. The van der Waals surface area contributed by atoms with E-state index in [0.29, 0.717) is 19.1 Å². The van der Waals surface area contributed by atoms with Crippen LogP contribution in [0, 0.1) is 0 Å². The lowest BCUT2D eigenvalue weighted by Gasteiger charge is -2.21. The van der Waals surface area contributed by atoms with Crippen LogP contribution in [0.3, 0.4) is 0 Å². The van der Waals surface area contributed by atoms with E-state index in [1.54, 1.807) is 13.3 Å². The van der Waals surface area contributed by atoms with Gasteiger partial charge in [-0.1, -0.05) is 30.3 Å². The first-order valence-electron chi connectivity index (χ1n) is 9.28. The monoisotopic (exact) mass is 379 g/mol. The molecule has 3 aromatic rings. The molecule has 0 aliphatic heterocycles. The van der Waals surface area contributed by atoms with E-state index in [1.807, 2.05) is 42.5 Å². The van der Waals surface area contributed by atoms with E-state index < -0.39 is 0 Å². The number of rotatable bonds is 10. The van der Waals surface area contributed by atoms with E-state index in [1.165, 1.54) is 5.56 Å². The molecular weight excluding hydrogens is 354 g/mol. The average Bonchev–Trinajstić information content (AvgIpc) is 2.76. The van der Waals surface area contributed by atoms with Crippen LogP contribution in [-0.2, 0) is 6.54 Å². The highest BCUT2D eigenvalue weighted by Crippen LogP contribution is 2.17. The molecule has 0 fully saturated rings. The van der Waals surface area contributed by atoms with Crippen molar-refractivity contribution in [1.82, 2.24) is 15.2 Å². The average molecular weight is 379 g/mol. The van der Waals surface area contributed by atoms with Gasteiger partial charge < -0.3 is 19.7 Å². The molecule has 0 spiro atoms. The Morgan fingerprint density at radius 1 is 1.00 bits per heavy atom. The fourth-order valence-electron chi connectivity index (χ4n) is 2.68. The lowest BCUT2D eigenvalue weighted by molar-refractivity contribution is 0.331. The summed E-state index contributed by atoms with van der Waals surface area (Å²) in [5.41, 5.74) is 1.23. The van der Waals surface area contributed by atoms with E-state index in [9.17, 15) is 0 Å². The maximum Gasteiger partial charge on any atom is 0.244 e. The maximum atomic E-state index is 5.70. The highest BCUT2D eigenvalue weighted by Gasteiger charge is 2.09. The molecule has 0 radical (unpaired) electrons. The van der Waals surface area contributed by atoms with Crippen LogP contribution in [0.15, 0.2) is 60.8 Å². The molecule has 0 unspecified atom stereocenters. The Morgan fingerprint density at radius 2 is 1.75 bits per heavy atom. The van der Waals surface area contributed by atoms with E-state index in [4.69, 9.17) is 9.47 Å². The fraction of sp³-hybridized carbons (Fsp3) is 0.286. The van der Waals surface area contributed by atoms with E-state index in [0.717, 1.165) is 30.4 Å². The molecule has 0 saturated heterocycles. The Morgan fingerprint density at radius 3 is 2.46 bits per heavy atom. The van der Waals surface area contributed by atoms with Gasteiger partial charge in [-0.15, -0.1) is 5.10 Å². The van der Waals surface area contributed by atoms with Crippen molar-refractivity contribution in [3.8, 4) is 11.5 Å². The second-order valence-corrected chi connectivity index (χ2v) is 6.09. The standard InChI is InChI=1S/C21H25N5O2/c1-3-26(16-17-7-5-4-6-8-17)20-15-23-25-21(24-20)22-13-14-28-19-11-9-18(27-2)10-12-19/h4-12,15H,3,13-14,16H2,1-2H3,(H,22,24,25). The first-order valence-corrected chi connectivity index (χ1v) is 9.28. The first-order chi connectivity index (χ1) is 13.8. The predicted octanol–water partition coefficient (Wildman–Crippen LogP) is 3.40. The zero-order valence-corrected chi connectivity index (χ0v) is 16.2. The molecule has 0 bridgehead atoms. The molecule has 0 aliphatic carbocycles. The highest BCUT2D eigenvalue weighted by atomic mass is 16.5. The predicted molar refractivity (Wildman–Crippen MR) is 110 cm³/mol. The number of nitrogens with one attached hydrogen (secondary N) is 1. The van der Waals surface area contributed by atoms with Gasteiger partial charge in [0.05, 0.1) is 19.9 Å². The normalized spacial score (nSPS) is 10.4. The Balaban J connectivity index is 1.52. The Bertz CT molecular complexity index is 843. The molecule has 0 aliphatic rings. The van der Waals surface area contributed by atoms with Gasteiger partial charge in [0.1, 0.15) is 18.1 Å². The smallest absolute Gasteiger partial charge is 0.244 e. The summed E-state index contributed by atoms with van der Waals surface area (Å²) in [6, 6.07) is 17.8. The molecule has 7 nitrogen and oxygen atoms in total. The summed E-state index contributed by atoms with van der Waals surface area (Å²) in [5.74, 6) is 2.87.